The van der Waals surface area contributed by atoms with Crippen LogP contribution in [0.3, 0.4) is 0 Å². The lowest BCUT2D eigenvalue weighted by Gasteiger charge is -2.21. The van der Waals surface area contributed by atoms with Crippen molar-refractivity contribution in [3.8, 4) is 22.7 Å². The maximum Gasteiger partial charge on any atom is 0.272 e. The van der Waals surface area contributed by atoms with E-state index in [-0.39, 0.29) is 11.7 Å². The van der Waals surface area contributed by atoms with E-state index in [1.54, 1.807) is 36.1 Å². The van der Waals surface area contributed by atoms with E-state index in [1.807, 2.05) is 43.0 Å². The van der Waals surface area contributed by atoms with Gasteiger partial charge in [0.15, 0.2) is 0 Å². The van der Waals surface area contributed by atoms with Gasteiger partial charge in [0.2, 0.25) is 0 Å². The highest BCUT2D eigenvalue weighted by Gasteiger charge is 2.23. The van der Waals surface area contributed by atoms with Crippen molar-refractivity contribution in [1.82, 2.24) is 14.7 Å². The zero-order chi connectivity index (χ0) is 20.8. The molecule has 1 amide bonds. The molecule has 152 valence electrons. The van der Waals surface area contributed by atoms with E-state index in [4.69, 9.17) is 4.74 Å². The van der Waals surface area contributed by atoms with Crippen molar-refractivity contribution in [1.29, 1.82) is 0 Å². The van der Waals surface area contributed by atoms with Crippen LogP contribution in [0.25, 0.3) is 16.9 Å². The van der Waals surface area contributed by atoms with Crippen LogP contribution >= 0.6 is 0 Å². The number of methoxy groups -OCH3 is 1. The second kappa shape index (κ2) is 9.37. The van der Waals surface area contributed by atoms with E-state index in [0.717, 1.165) is 12.8 Å². The number of halogens is 1. The van der Waals surface area contributed by atoms with Gasteiger partial charge in [0.1, 0.15) is 17.3 Å². The van der Waals surface area contributed by atoms with Crippen LogP contribution < -0.4 is 4.74 Å². The average molecular weight is 395 g/mol. The molecule has 5 nitrogen and oxygen atoms in total. The third kappa shape index (κ3) is 4.47. The number of aromatic nitrogens is 2. The van der Waals surface area contributed by atoms with Gasteiger partial charge in [-0.3, -0.25) is 4.79 Å². The van der Waals surface area contributed by atoms with Gasteiger partial charge >= 0.3 is 0 Å². The van der Waals surface area contributed by atoms with Crippen molar-refractivity contribution < 1.29 is 13.9 Å². The van der Waals surface area contributed by atoms with Gasteiger partial charge in [0.05, 0.1) is 18.5 Å². The molecule has 0 fully saturated rings. The van der Waals surface area contributed by atoms with Gasteiger partial charge in [-0.25, -0.2) is 9.07 Å². The van der Waals surface area contributed by atoms with Crippen molar-refractivity contribution in [2.45, 2.75) is 26.7 Å². The zero-order valence-electron chi connectivity index (χ0n) is 17.1. The summed E-state index contributed by atoms with van der Waals surface area (Å²) >= 11 is 0. The summed E-state index contributed by atoms with van der Waals surface area (Å²) in [5, 5.41) is 4.58. The molecule has 6 heteroatoms. The van der Waals surface area contributed by atoms with Crippen LogP contribution in [0.1, 0.15) is 37.2 Å². The largest absolute Gasteiger partial charge is 0.497 e. The number of hydrogen-bond acceptors (Lipinski definition) is 3. The Balaban J connectivity index is 2.11. The van der Waals surface area contributed by atoms with Gasteiger partial charge in [-0.2, -0.15) is 5.10 Å². The SMILES string of the molecule is CCCN(CCC)C(=O)c1cc(-c2ccccc2F)nn1-c1ccc(OC)cc1. The fourth-order valence-electron chi connectivity index (χ4n) is 3.27. The third-order valence-electron chi connectivity index (χ3n) is 4.67. The number of ether oxygens (including phenoxy) is 1. The summed E-state index contributed by atoms with van der Waals surface area (Å²) in [6.45, 7) is 5.41. The number of benzene rings is 2. The molecule has 0 aliphatic heterocycles. The van der Waals surface area contributed by atoms with Crippen LogP contribution in [0.2, 0.25) is 0 Å². The van der Waals surface area contributed by atoms with Gasteiger partial charge in [-0.1, -0.05) is 26.0 Å². The van der Waals surface area contributed by atoms with E-state index >= 15 is 0 Å². The Kier molecular flexibility index (Phi) is 6.65. The number of amides is 1. The molecule has 0 bridgehead atoms. The molecular formula is C23H26FN3O2. The van der Waals surface area contributed by atoms with Gasteiger partial charge in [-0.05, 0) is 55.3 Å². The molecule has 0 spiro atoms. The minimum Gasteiger partial charge on any atom is -0.497 e. The molecular weight excluding hydrogens is 369 g/mol. The normalized spacial score (nSPS) is 10.8. The van der Waals surface area contributed by atoms with E-state index in [2.05, 4.69) is 5.10 Å². The molecule has 0 saturated heterocycles. The maximum atomic E-state index is 14.4. The zero-order valence-corrected chi connectivity index (χ0v) is 17.1. The van der Waals surface area contributed by atoms with Gasteiger partial charge in [0, 0.05) is 18.7 Å². The Morgan fingerprint density at radius 3 is 2.31 bits per heavy atom. The van der Waals surface area contributed by atoms with Crippen LogP contribution in [0, 0.1) is 5.82 Å². The number of carbonyl (C=O) groups excluding carboxylic acids is 1. The second-order valence-electron chi connectivity index (χ2n) is 6.80. The third-order valence-corrected chi connectivity index (χ3v) is 4.67. The van der Waals surface area contributed by atoms with Crippen LogP contribution in [0.5, 0.6) is 5.75 Å². The lowest BCUT2D eigenvalue weighted by atomic mass is 10.1. The maximum absolute atomic E-state index is 14.4. The van der Waals surface area contributed by atoms with Crippen LogP contribution in [0.4, 0.5) is 4.39 Å². The molecule has 0 aliphatic carbocycles. The fraction of sp³-hybridized carbons (Fsp3) is 0.304. The molecule has 3 aromatic rings. The summed E-state index contributed by atoms with van der Waals surface area (Å²) in [5.41, 5.74) is 1.92. The first-order valence-corrected chi connectivity index (χ1v) is 9.87. The Labute approximate surface area is 170 Å². The van der Waals surface area contributed by atoms with Crippen LogP contribution in [0.15, 0.2) is 54.6 Å². The molecule has 1 aromatic heterocycles. The Hall–Kier alpha value is -3.15. The summed E-state index contributed by atoms with van der Waals surface area (Å²) in [6, 6.07) is 15.4. The van der Waals surface area contributed by atoms with Gasteiger partial charge < -0.3 is 9.64 Å². The van der Waals surface area contributed by atoms with Crippen LogP contribution in [-0.4, -0.2) is 40.8 Å². The summed E-state index contributed by atoms with van der Waals surface area (Å²) in [7, 11) is 1.60. The van der Waals surface area contributed by atoms with Crippen molar-refractivity contribution in [2.24, 2.45) is 0 Å². The van der Waals surface area contributed by atoms with E-state index in [0.29, 0.717) is 41.5 Å². The van der Waals surface area contributed by atoms with Crippen molar-refractivity contribution in [2.75, 3.05) is 20.2 Å². The van der Waals surface area contributed by atoms with E-state index in [1.165, 1.54) is 6.07 Å². The first-order valence-electron chi connectivity index (χ1n) is 9.87. The molecule has 2 aromatic carbocycles. The molecule has 0 atom stereocenters. The highest BCUT2D eigenvalue weighted by atomic mass is 19.1. The first-order chi connectivity index (χ1) is 14.1. The average Bonchev–Trinajstić information content (AvgIpc) is 3.18. The smallest absolute Gasteiger partial charge is 0.272 e. The summed E-state index contributed by atoms with van der Waals surface area (Å²) in [4.78, 5) is 15.1. The number of hydrogen-bond donors (Lipinski definition) is 0. The molecule has 0 N–H and O–H groups in total. The highest BCUT2D eigenvalue weighted by Crippen LogP contribution is 2.26. The summed E-state index contributed by atoms with van der Waals surface area (Å²) < 4.78 is 21.2. The second-order valence-corrected chi connectivity index (χ2v) is 6.80. The molecule has 29 heavy (non-hydrogen) atoms. The van der Waals surface area contributed by atoms with Crippen LogP contribution in [-0.2, 0) is 0 Å². The Morgan fingerprint density at radius 2 is 1.72 bits per heavy atom. The topological polar surface area (TPSA) is 47.4 Å². The number of rotatable bonds is 8. The molecule has 0 unspecified atom stereocenters. The number of carbonyl (C=O) groups is 1. The highest BCUT2D eigenvalue weighted by molar-refractivity contribution is 5.94. The van der Waals surface area contributed by atoms with Gasteiger partial charge in [-0.15, -0.1) is 0 Å². The Bertz CT molecular complexity index is 961. The predicted octanol–water partition coefficient (Wildman–Crippen LogP) is 4.95. The molecule has 3 rings (SSSR count). The lowest BCUT2D eigenvalue weighted by Crippen LogP contribution is -2.33. The van der Waals surface area contributed by atoms with E-state index in [9.17, 15) is 9.18 Å². The molecule has 0 saturated carbocycles. The molecule has 0 aliphatic rings. The van der Waals surface area contributed by atoms with Crippen molar-refractivity contribution in [3.05, 3.63) is 66.1 Å². The minimum absolute atomic E-state index is 0.111. The standard InChI is InChI=1S/C23H26FN3O2/c1-4-14-26(15-5-2)23(28)22-16-21(19-8-6-7-9-20(19)24)25-27(22)17-10-12-18(29-3)13-11-17/h6-13,16H,4-5,14-15H2,1-3H3. The predicted molar refractivity (Wildman–Crippen MR) is 112 cm³/mol. The van der Waals surface area contributed by atoms with Crippen molar-refractivity contribution >= 4 is 5.91 Å². The quantitative estimate of drug-likeness (QED) is 0.542. The monoisotopic (exact) mass is 395 g/mol. The lowest BCUT2D eigenvalue weighted by molar-refractivity contribution is 0.0746. The summed E-state index contributed by atoms with van der Waals surface area (Å²) in [5.74, 6) is 0.228. The molecule has 0 radical (unpaired) electrons. The van der Waals surface area contributed by atoms with Crippen molar-refractivity contribution in [3.63, 3.8) is 0 Å². The number of nitrogens with zero attached hydrogens (tertiary/aromatic N) is 3. The summed E-state index contributed by atoms with van der Waals surface area (Å²) in [6.07, 6.45) is 1.73. The minimum atomic E-state index is -0.371. The fourth-order valence-corrected chi connectivity index (χ4v) is 3.27. The molecule has 1 heterocycles. The van der Waals surface area contributed by atoms with Gasteiger partial charge in [0.25, 0.3) is 5.91 Å². The Morgan fingerprint density at radius 1 is 1.07 bits per heavy atom. The van der Waals surface area contributed by atoms with E-state index < -0.39 is 0 Å². The first kappa shape index (κ1) is 20.6.